The molecule has 0 saturated heterocycles. The lowest BCUT2D eigenvalue weighted by Gasteiger charge is -2.43. The second-order valence-corrected chi connectivity index (χ2v) is 7.89. The van der Waals surface area contributed by atoms with E-state index in [1.807, 2.05) is 0 Å². The highest BCUT2D eigenvalue weighted by molar-refractivity contribution is 4.87. The van der Waals surface area contributed by atoms with Crippen LogP contribution in [0.4, 0.5) is 0 Å². The molecular formula is C20H39N. The van der Waals surface area contributed by atoms with Crippen LogP contribution in [0.1, 0.15) is 85.0 Å². The van der Waals surface area contributed by atoms with E-state index >= 15 is 0 Å². The Labute approximate surface area is 133 Å². The summed E-state index contributed by atoms with van der Waals surface area (Å²) < 4.78 is 0. The molecule has 3 unspecified atom stereocenters. The van der Waals surface area contributed by atoms with Gasteiger partial charge in [0.1, 0.15) is 0 Å². The first kappa shape index (κ1) is 17.3. The first-order valence-corrected chi connectivity index (χ1v) is 9.99. The van der Waals surface area contributed by atoms with E-state index in [1.54, 1.807) is 6.42 Å². The summed E-state index contributed by atoms with van der Waals surface area (Å²) in [4.78, 5) is 0. The summed E-state index contributed by atoms with van der Waals surface area (Å²) >= 11 is 0. The molecule has 1 N–H and O–H groups in total. The van der Waals surface area contributed by atoms with Gasteiger partial charge in [0.25, 0.3) is 0 Å². The van der Waals surface area contributed by atoms with E-state index in [1.165, 1.54) is 64.3 Å². The van der Waals surface area contributed by atoms with Crippen molar-refractivity contribution in [3.8, 4) is 0 Å². The summed E-state index contributed by atoms with van der Waals surface area (Å²) in [6, 6.07) is 0. The standard InChI is InChI=1S/C20H39N/c1-4-7-17-10-13-19(15-21-6-3)20(14-17)18-11-8-16(5-2)9-12-18/h16-21H,4-15H2,1-3H3. The van der Waals surface area contributed by atoms with Crippen molar-refractivity contribution < 1.29 is 0 Å². The van der Waals surface area contributed by atoms with Gasteiger partial charge in [-0.2, -0.15) is 0 Å². The SMILES string of the molecule is CCCC1CCC(CNCC)C(C2CCC(CC)CC2)C1. The van der Waals surface area contributed by atoms with E-state index in [2.05, 4.69) is 26.1 Å². The molecule has 0 radical (unpaired) electrons. The van der Waals surface area contributed by atoms with Crippen LogP contribution in [-0.4, -0.2) is 13.1 Å². The quantitative estimate of drug-likeness (QED) is 0.640. The molecule has 2 aliphatic rings. The lowest BCUT2D eigenvalue weighted by Crippen LogP contribution is -2.38. The zero-order chi connectivity index (χ0) is 15.1. The number of rotatable bonds is 7. The van der Waals surface area contributed by atoms with Crippen molar-refractivity contribution in [2.45, 2.75) is 85.0 Å². The lowest BCUT2D eigenvalue weighted by atomic mass is 9.63. The molecule has 0 bridgehead atoms. The largest absolute Gasteiger partial charge is 0.317 e. The lowest BCUT2D eigenvalue weighted by molar-refractivity contribution is 0.0807. The Hall–Kier alpha value is -0.0400. The maximum absolute atomic E-state index is 3.65. The fraction of sp³-hybridized carbons (Fsp3) is 1.00. The highest BCUT2D eigenvalue weighted by Crippen LogP contribution is 2.45. The van der Waals surface area contributed by atoms with Crippen LogP contribution in [0.3, 0.4) is 0 Å². The average Bonchev–Trinajstić information content (AvgIpc) is 2.54. The van der Waals surface area contributed by atoms with Crippen LogP contribution >= 0.6 is 0 Å². The van der Waals surface area contributed by atoms with Gasteiger partial charge in [-0.05, 0) is 68.4 Å². The summed E-state index contributed by atoms with van der Waals surface area (Å²) in [5.41, 5.74) is 0. The Morgan fingerprint density at radius 3 is 2.19 bits per heavy atom. The highest BCUT2D eigenvalue weighted by Gasteiger charge is 2.36. The van der Waals surface area contributed by atoms with E-state index in [9.17, 15) is 0 Å². The van der Waals surface area contributed by atoms with Crippen LogP contribution < -0.4 is 5.32 Å². The molecule has 21 heavy (non-hydrogen) atoms. The Morgan fingerprint density at radius 2 is 1.57 bits per heavy atom. The van der Waals surface area contributed by atoms with Crippen molar-refractivity contribution in [1.29, 1.82) is 0 Å². The molecule has 0 aliphatic heterocycles. The highest BCUT2D eigenvalue weighted by atomic mass is 14.8. The molecule has 0 aromatic heterocycles. The first-order chi connectivity index (χ1) is 10.3. The Balaban J connectivity index is 1.92. The van der Waals surface area contributed by atoms with Crippen LogP contribution in [-0.2, 0) is 0 Å². The fourth-order valence-corrected chi connectivity index (χ4v) is 5.21. The second kappa shape index (κ2) is 9.18. The van der Waals surface area contributed by atoms with Gasteiger partial charge < -0.3 is 5.32 Å². The molecule has 0 heterocycles. The number of nitrogens with one attached hydrogen (secondary N) is 1. The Morgan fingerprint density at radius 1 is 0.857 bits per heavy atom. The summed E-state index contributed by atoms with van der Waals surface area (Å²) in [6.45, 7) is 9.44. The molecule has 1 heteroatoms. The molecule has 0 aromatic carbocycles. The van der Waals surface area contributed by atoms with Crippen LogP contribution in [0.15, 0.2) is 0 Å². The molecule has 2 saturated carbocycles. The van der Waals surface area contributed by atoms with Gasteiger partial charge in [0, 0.05) is 0 Å². The van der Waals surface area contributed by atoms with Gasteiger partial charge in [0.15, 0.2) is 0 Å². The molecule has 3 atom stereocenters. The van der Waals surface area contributed by atoms with E-state index in [-0.39, 0.29) is 0 Å². The van der Waals surface area contributed by atoms with Gasteiger partial charge in [-0.25, -0.2) is 0 Å². The van der Waals surface area contributed by atoms with Gasteiger partial charge in [-0.15, -0.1) is 0 Å². The van der Waals surface area contributed by atoms with Crippen LogP contribution in [0.25, 0.3) is 0 Å². The molecule has 2 rings (SSSR count). The van der Waals surface area contributed by atoms with Crippen LogP contribution in [0.5, 0.6) is 0 Å². The summed E-state index contributed by atoms with van der Waals surface area (Å²) in [7, 11) is 0. The maximum Gasteiger partial charge on any atom is -0.00179 e. The van der Waals surface area contributed by atoms with Crippen LogP contribution in [0.2, 0.25) is 0 Å². The Kier molecular flexibility index (Phi) is 7.57. The molecule has 0 aromatic rings. The van der Waals surface area contributed by atoms with Crippen molar-refractivity contribution in [3.05, 3.63) is 0 Å². The zero-order valence-electron chi connectivity index (χ0n) is 14.9. The third-order valence-corrected chi connectivity index (χ3v) is 6.58. The monoisotopic (exact) mass is 293 g/mol. The Bertz CT molecular complexity index is 267. The molecular weight excluding hydrogens is 254 g/mol. The molecule has 1 nitrogen and oxygen atoms in total. The van der Waals surface area contributed by atoms with Crippen molar-refractivity contribution in [3.63, 3.8) is 0 Å². The third kappa shape index (κ3) is 4.98. The van der Waals surface area contributed by atoms with E-state index in [0.29, 0.717) is 0 Å². The van der Waals surface area contributed by atoms with Gasteiger partial charge >= 0.3 is 0 Å². The molecule has 2 aliphatic carbocycles. The maximum atomic E-state index is 3.65. The zero-order valence-corrected chi connectivity index (χ0v) is 14.9. The van der Waals surface area contributed by atoms with Gasteiger partial charge in [-0.3, -0.25) is 0 Å². The van der Waals surface area contributed by atoms with Crippen molar-refractivity contribution >= 4 is 0 Å². The first-order valence-electron chi connectivity index (χ1n) is 9.99. The summed E-state index contributed by atoms with van der Waals surface area (Å²) in [5.74, 6) is 5.15. The normalized spacial score (nSPS) is 37.6. The van der Waals surface area contributed by atoms with Crippen LogP contribution in [0, 0.1) is 29.6 Å². The van der Waals surface area contributed by atoms with Crippen molar-refractivity contribution in [2.24, 2.45) is 29.6 Å². The average molecular weight is 294 g/mol. The summed E-state index contributed by atoms with van der Waals surface area (Å²) in [5, 5.41) is 3.65. The van der Waals surface area contributed by atoms with Gasteiger partial charge in [0.05, 0.1) is 0 Å². The van der Waals surface area contributed by atoms with Gasteiger partial charge in [-0.1, -0.05) is 59.3 Å². The minimum atomic E-state index is 0.973. The minimum Gasteiger partial charge on any atom is -0.317 e. The molecule has 124 valence electrons. The van der Waals surface area contributed by atoms with E-state index in [0.717, 1.165) is 36.1 Å². The van der Waals surface area contributed by atoms with E-state index in [4.69, 9.17) is 0 Å². The summed E-state index contributed by atoms with van der Waals surface area (Å²) in [6.07, 6.45) is 14.9. The van der Waals surface area contributed by atoms with Gasteiger partial charge in [0.2, 0.25) is 0 Å². The van der Waals surface area contributed by atoms with Crippen molar-refractivity contribution in [2.75, 3.05) is 13.1 Å². The second-order valence-electron chi connectivity index (χ2n) is 7.89. The molecule has 0 amide bonds. The molecule has 2 fully saturated rings. The minimum absolute atomic E-state index is 0.973. The van der Waals surface area contributed by atoms with E-state index < -0.39 is 0 Å². The fourth-order valence-electron chi connectivity index (χ4n) is 5.21. The predicted molar refractivity (Wildman–Crippen MR) is 93.5 cm³/mol. The van der Waals surface area contributed by atoms with Crippen molar-refractivity contribution in [1.82, 2.24) is 5.32 Å². The number of hydrogen-bond donors (Lipinski definition) is 1. The number of hydrogen-bond acceptors (Lipinski definition) is 1. The molecule has 0 spiro atoms. The predicted octanol–water partition coefficient (Wildman–Crippen LogP) is 5.64. The third-order valence-electron chi connectivity index (χ3n) is 6.58. The smallest absolute Gasteiger partial charge is 0.00179 e. The topological polar surface area (TPSA) is 12.0 Å².